The minimum Gasteiger partial charge on any atom is -0.333 e. The van der Waals surface area contributed by atoms with Crippen LogP contribution in [0.3, 0.4) is 0 Å². The summed E-state index contributed by atoms with van der Waals surface area (Å²) in [5.41, 5.74) is 4.65. The van der Waals surface area contributed by atoms with Gasteiger partial charge in [-0.1, -0.05) is 6.42 Å². The number of rotatable bonds is 4. The summed E-state index contributed by atoms with van der Waals surface area (Å²) < 4.78 is 0. The SMILES string of the molecule is Cc1ccc(/C=C/C(=O)NNC(=O)CN2CCCCCC2=O)s1. The molecule has 0 aliphatic carbocycles. The van der Waals surface area contributed by atoms with Crippen molar-refractivity contribution in [2.75, 3.05) is 13.1 Å². The van der Waals surface area contributed by atoms with Crippen molar-refractivity contribution in [3.05, 3.63) is 28.0 Å². The predicted molar refractivity (Wildman–Crippen MR) is 89.4 cm³/mol. The lowest BCUT2D eigenvalue weighted by Crippen LogP contribution is -2.47. The van der Waals surface area contributed by atoms with Crippen molar-refractivity contribution in [3.8, 4) is 0 Å². The summed E-state index contributed by atoms with van der Waals surface area (Å²) in [5.74, 6) is -0.808. The van der Waals surface area contributed by atoms with Crippen LogP contribution in [0.1, 0.15) is 35.4 Å². The van der Waals surface area contributed by atoms with E-state index in [-0.39, 0.29) is 12.5 Å². The van der Waals surface area contributed by atoms with E-state index in [0.29, 0.717) is 13.0 Å². The topological polar surface area (TPSA) is 78.5 Å². The standard InChI is InChI=1S/C16H21N3O3S/c1-12-6-7-13(23-12)8-9-14(20)17-18-15(21)11-19-10-4-2-3-5-16(19)22/h6-9H,2-5,10-11H2,1H3,(H,17,20)(H,18,21)/b9-8+. The zero-order valence-electron chi connectivity index (χ0n) is 13.1. The average molecular weight is 335 g/mol. The molecule has 1 aliphatic rings. The highest BCUT2D eigenvalue weighted by atomic mass is 32.1. The molecule has 1 saturated heterocycles. The fourth-order valence-corrected chi connectivity index (χ4v) is 3.07. The molecule has 0 spiro atoms. The Kier molecular flexibility index (Phi) is 6.34. The molecule has 124 valence electrons. The second-order valence-corrected chi connectivity index (χ2v) is 6.76. The van der Waals surface area contributed by atoms with Gasteiger partial charge < -0.3 is 4.90 Å². The number of thiophene rings is 1. The maximum Gasteiger partial charge on any atom is 0.262 e. The summed E-state index contributed by atoms with van der Waals surface area (Å²) in [7, 11) is 0. The van der Waals surface area contributed by atoms with Gasteiger partial charge in [-0.05, 0) is 38.0 Å². The monoisotopic (exact) mass is 335 g/mol. The van der Waals surface area contributed by atoms with Crippen LogP contribution in [0.25, 0.3) is 6.08 Å². The molecule has 1 fully saturated rings. The first-order valence-corrected chi connectivity index (χ1v) is 8.47. The van der Waals surface area contributed by atoms with Crippen molar-refractivity contribution in [3.63, 3.8) is 0 Å². The van der Waals surface area contributed by atoms with E-state index in [1.165, 1.54) is 11.0 Å². The van der Waals surface area contributed by atoms with Gasteiger partial charge in [-0.25, -0.2) is 0 Å². The van der Waals surface area contributed by atoms with Gasteiger partial charge in [-0.2, -0.15) is 0 Å². The molecule has 0 aromatic carbocycles. The van der Waals surface area contributed by atoms with Crippen LogP contribution in [-0.2, 0) is 14.4 Å². The first kappa shape index (κ1) is 17.2. The van der Waals surface area contributed by atoms with Crippen molar-refractivity contribution in [2.24, 2.45) is 0 Å². The van der Waals surface area contributed by atoms with E-state index in [1.54, 1.807) is 22.3 Å². The van der Waals surface area contributed by atoms with Gasteiger partial charge in [0.2, 0.25) is 5.91 Å². The summed E-state index contributed by atoms with van der Waals surface area (Å²) in [6.45, 7) is 2.57. The summed E-state index contributed by atoms with van der Waals surface area (Å²) in [4.78, 5) is 38.9. The third kappa shape index (κ3) is 5.86. The highest BCUT2D eigenvalue weighted by molar-refractivity contribution is 7.12. The Morgan fingerprint density at radius 1 is 1.26 bits per heavy atom. The van der Waals surface area contributed by atoms with E-state index in [2.05, 4.69) is 10.9 Å². The van der Waals surface area contributed by atoms with Crippen molar-refractivity contribution >= 4 is 35.1 Å². The Balaban J connectivity index is 1.74. The fraction of sp³-hybridized carbons (Fsp3) is 0.438. The molecular formula is C16H21N3O3S. The zero-order valence-corrected chi connectivity index (χ0v) is 13.9. The summed E-state index contributed by atoms with van der Waals surface area (Å²) >= 11 is 1.58. The number of hydrazine groups is 1. The number of nitrogens with zero attached hydrogens (tertiary/aromatic N) is 1. The molecule has 0 unspecified atom stereocenters. The van der Waals surface area contributed by atoms with Crippen molar-refractivity contribution in [1.29, 1.82) is 0 Å². The highest BCUT2D eigenvalue weighted by Gasteiger charge is 2.19. The number of carbonyl (C=O) groups is 3. The first-order valence-electron chi connectivity index (χ1n) is 7.66. The lowest BCUT2D eigenvalue weighted by molar-refractivity contribution is -0.136. The van der Waals surface area contributed by atoms with Crippen molar-refractivity contribution in [2.45, 2.75) is 32.6 Å². The Bertz CT molecular complexity index is 609. The Morgan fingerprint density at radius 2 is 2.09 bits per heavy atom. The molecule has 0 atom stereocenters. The van der Waals surface area contributed by atoms with E-state index in [1.807, 2.05) is 19.1 Å². The van der Waals surface area contributed by atoms with E-state index in [0.717, 1.165) is 24.1 Å². The van der Waals surface area contributed by atoms with Crippen molar-refractivity contribution in [1.82, 2.24) is 15.8 Å². The summed E-state index contributed by atoms with van der Waals surface area (Å²) in [5, 5.41) is 0. The van der Waals surface area contributed by atoms with Crippen LogP contribution < -0.4 is 10.9 Å². The maximum atomic E-state index is 11.8. The molecular weight excluding hydrogens is 314 g/mol. The normalized spacial score (nSPS) is 15.5. The largest absolute Gasteiger partial charge is 0.333 e. The van der Waals surface area contributed by atoms with Gasteiger partial charge in [-0.3, -0.25) is 25.2 Å². The number of nitrogens with one attached hydrogen (secondary N) is 2. The van der Waals surface area contributed by atoms with E-state index >= 15 is 0 Å². The number of aryl methyl sites for hydroxylation is 1. The molecule has 1 aromatic heterocycles. The van der Waals surface area contributed by atoms with Crippen LogP contribution in [0.5, 0.6) is 0 Å². The molecule has 7 heteroatoms. The first-order chi connectivity index (χ1) is 11.0. The van der Waals surface area contributed by atoms with E-state index in [9.17, 15) is 14.4 Å². The molecule has 3 amide bonds. The number of carbonyl (C=O) groups excluding carboxylic acids is 3. The van der Waals surface area contributed by atoms with Gasteiger partial charge >= 0.3 is 0 Å². The van der Waals surface area contributed by atoms with Gasteiger partial charge in [0.15, 0.2) is 0 Å². The molecule has 2 rings (SSSR count). The smallest absolute Gasteiger partial charge is 0.262 e. The van der Waals surface area contributed by atoms with Crippen LogP contribution in [0.2, 0.25) is 0 Å². The highest BCUT2D eigenvalue weighted by Crippen LogP contribution is 2.16. The zero-order chi connectivity index (χ0) is 16.7. The van der Waals surface area contributed by atoms with Gasteiger partial charge in [0.25, 0.3) is 11.8 Å². The van der Waals surface area contributed by atoms with E-state index in [4.69, 9.17) is 0 Å². The van der Waals surface area contributed by atoms with Crippen LogP contribution >= 0.6 is 11.3 Å². The van der Waals surface area contributed by atoms with Gasteiger partial charge in [0.1, 0.15) is 6.54 Å². The molecule has 6 nitrogen and oxygen atoms in total. The molecule has 1 aromatic rings. The molecule has 1 aliphatic heterocycles. The van der Waals surface area contributed by atoms with Crippen LogP contribution in [0, 0.1) is 6.92 Å². The summed E-state index contributed by atoms with van der Waals surface area (Å²) in [6.07, 6.45) is 6.34. The number of amides is 3. The molecule has 23 heavy (non-hydrogen) atoms. The van der Waals surface area contributed by atoms with Gasteiger partial charge in [0, 0.05) is 28.8 Å². The lowest BCUT2D eigenvalue weighted by atomic mass is 10.2. The van der Waals surface area contributed by atoms with Gasteiger partial charge in [-0.15, -0.1) is 11.3 Å². The van der Waals surface area contributed by atoms with Crippen LogP contribution in [-0.4, -0.2) is 35.7 Å². The number of likely N-dealkylation sites (tertiary alicyclic amines) is 1. The fourth-order valence-electron chi connectivity index (χ4n) is 2.29. The number of hydrogen-bond acceptors (Lipinski definition) is 4. The third-order valence-corrected chi connectivity index (χ3v) is 4.46. The van der Waals surface area contributed by atoms with Crippen LogP contribution in [0.15, 0.2) is 18.2 Å². The maximum absolute atomic E-state index is 11.8. The average Bonchev–Trinajstić information content (AvgIpc) is 2.84. The molecule has 0 radical (unpaired) electrons. The molecule has 2 heterocycles. The third-order valence-electron chi connectivity index (χ3n) is 3.49. The Labute approximate surface area is 139 Å². The predicted octanol–water partition coefficient (Wildman–Crippen LogP) is 1.62. The summed E-state index contributed by atoms with van der Waals surface area (Å²) in [6, 6.07) is 3.90. The number of hydrogen-bond donors (Lipinski definition) is 2. The minimum atomic E-state index is -0.411. The quantitative estimate of drug-likeness (QED) is 0.648. The van der Waals surface area contributed by atoms with E-state index < -0.39 is 11.8 Å². The molecule has 2 N–H and O–H groups in total. The molecule has 0 saturated carbocycles. The van der Waals surface area contributed by atoms with Crippen LogP contribution in [0.4, 0.5) is 0 Å². The second kappa shape index (κ2) is 8.47. The second-order valence-electron chi connectivity index (χ2n) is 5.45. The Hall–Kier alpha value is -2.15. The molecule has 0 bridgehead atoms. The van der Waals surface area contributed by atoms with Crippen molar-refractivity contribution < 1.29 is 14.4 Å². The minimum absolute atomic E-state index is 0.00284. The van der Waals surface area contributed by atoms with Gasteiger partial charge in [0.05, 0.1) is 0 Å². The Morgan fingerprint density at radius 3 is 2.83 bits per heavy atom. The lowest BCUT2D eigenvalue weighted by Gasteiger charge is -2.19.